The van der Waals surface area contributed by atoms with E-state index in [1.807, 2.05) is 0 Å². The molecule has 1 N–H and O–H groups in total. The van der Waals surface area contributed by atoms with Crippen LogP contribution in [0.2, 0.25) is 0 Å². The maximum absolute atomic E-state index is 12.0. The van der Waals surface area contributed by atoms with Crippen molar-refractivity contribution >= 4 is 10.1 Å². The lowest BCUT2D eigenvalue weighted by Crippen LogP contribution is -1.97. The van der Waals surface area contributed by atoms with E-state index in [1.54, 1.807) is 0 Å². The SMILES string of the molecule is CCS(=O)(=O)O.Fc1cccc(F)c1F. The third kappa shape index (κ3) is 6.08. The highest BCUT2D eigenvalue weighted by Gasteiger charge is 2.04. The van der Waals surface area contributed by atoms with Crippen LogP contribution in [0.4, 0.5) is 13.2 Å². The second-order valence-corrected chi connectivity index (χ2v) is 4.15. The van der Waals surface area contributed by atoms with E-state index < -0.39 is 27.6 Å². The summed E-state index contributed by atoms with van der Waals surface area (Å²) in [7, 11) is -3.66. The summed E-state index contributed by atoms with van der Waals surface area (Å²) in [5, 5.41) is 0. The van der Waals surface area contributed by atoms with Gasteiger partial charge in [-0.2, -0.15) is 8.42 Å². The van der Waals surface area contributed by atoms with Gasteiger partial charge in [0.2, 0.25) is 0 Å². The second kappa shape index (κ2) is 5.72. The van der Waals surface area contributed by atoms with E-state index in [1.165, 1.54) is 6.92 Å². The van der Waals surface area contributed by atoms with Crippen molar-refractivity contribution in [3.63, 3.8) is 0 Å². The molecule has 86 valence electrons. The van der Waals surface area contributed by atoms with E-state index in [-0.39, 0.29) is 5.75 Å². The Labute approximate surface area is 85.3 Å². The molecule has 0 aliphatic carbocycles. The molecule has 0 heterocycles. The minimum atomic E-state index is -3.66. The van der Waals surface area contributed by atoms with E-state index in [4.69, 9.17) is 4.55 Å². The maximum Gasteiger partial charge on any atom is 0.264 e. The van der Waals surface area contributed by atoms with Gasteiger partial charge in [-0.25, -0.2) is 13.2 Å². The normalized spacial score (nSPS) is 10.5. The molecule has 0 bridgehead atoms. The van der Waals surface area contributed by atoms with Crippen LogP contribution in [0.5, 0.6) is 0 Å². The number of benzene rings is 1. The summed E-state index contributed by atoms with van der Waals surface area (Å²) < 4.78 is 62.8. The van der Waals surface area contributed by atoms with Crippen LogP contribution in [0.1, 0.15) is 6.92 Å². The van der Waals surface area contributed by atoms with Gasteiger partial charge in [0.05, 0.1) is 5.75 Å². The highest BCUT2D eigenvalue weighted by molar-refractivity contribution is 7.85. The fourth-order valence-corrected chi connectivity index (χ4v) is 0.477. The Morgan fingerprint density at radius 1 is 1.20 bits per heavy atom. The van der Waals surface area contributed by atoms with Gasteiger partial charge in [0.1, 0.15) is 0 Å². The summed E-state index contributed by atoms with van der Waals surface area (Å²) in [6.45, 7) is 1.37. The quantitative estimate of drug-likeness (QED) is 0.605. The number of hydrogen-bond acceptors (Lipinski definition) is 2. The van der Waals surface area contributed by atoms with Crippen molar-refractivity contribution in [1.82, 2.24) is 0 Å². The van der Waals surface area contributed by atoms with Gasteiger partial charge in [-0.05, 0) is 19.1 Å². The molecule has 0 saturated heterocycles. The van der Waals surface area contributed by atoms with Crippen LogP contribution in [0.15, 0.2) is 18.2 Å². The third-order valence-electron chi connectivity index (χ3n) is 1.27. The van der Waals surface area contributed by atoms with Crippen LogP contribution in [0, 0.1) is 17.5 Å². The molecule has 0 amide bonds. The van der Waals surface area contributed by atoms with Crippen LogP contribution < -0.4 is 0 Å². The molecule has 1 aromatic carbocycles. The average Bonchev–Trinajstić information content (AvgIpc) is 2.14. The van der Waals surface area contributed by atoms with E-state index in [2.05, 4.69) is 0 Å². The second-order valence-electron chi connectivity index (χ2n) is 2.41. The molecule has 0 radical (unpaired) electrons. The van der Waals surface area contributed by atoms with Gasteiger partial charge in [-0.1, -0.05) is 6.07 Å². The van der Waals surface area contributed by atoms with Gasteiger partial charge in [-0.3, -0.25) is 4.55 Å². The van der Waals surface area contributed by atoms with Crippen LogP contribution in [0.25, 0.3) is 0 Å². The van der Waals surface area contributed by atoms with E-state index in [9.17, 15) is 21.6 Å². The Kier molecular flexibility index (Phi) is 5.31. The fourth-order valence-electron chi connectivity index (χ4n) is 0.477. The molecule has 0 aromatic heterocycles. The summed E-state index contributed by atoms with van der Waals surface area (Å²) in [6.07, 6.45) is 0. The third-order valence-corrected chi connectivity index (χ3v) is 2.00. The van der Waals surface area contributed by atoms with E-state index >= 15 is 0 Å². The molecule has 0 saturated carbocycles. The van der Waals surface area contributed by atoms with Gasteiger partial charge < -0.3 is 0 Å². The highest BCUT2D eigenvalue weighted by Crippen LogP contribution is 2.07. The number of rotatable bonds is 1. The molecular weight excluding hydrogens is 233 g/mol. The first-order valence-electron chi connectivity index (χ1n) is 3.82. The molecule has 0 aliphatic heterocycles. The van der Waals surface area contributed by atoms with E-state index in [0.29, 0.717) is 0 Å². The standard InChI is InChI=1S/C6H3F3.C2H6O3S/c7-4-2-1-3-5(8)6(4)9;1-2-6(3,4)5/h1-3H;2H2,1H3,(H,3,4,5). The molecule has 7 heteroatoms. The number of hydrogen-bond donors (Lipinski definition) is 1. The lowest BCUT2D eigenvalue weighted by molar-refractivity contribution is 0.447. The molecule has 15 heavy (non-hydrogen) atoms. The molecule has 1 aromatic rings. The van der Waals surface area contributed by atoms with Crippen molar-refractivity contribution in [2.45, 2.75) is 6.92 Å². The van der Waals surface area contributed by atoms with Crippen molar-refractivity contribution in [2.75, 3.05) is 5.75 Å². The van der Waals surface area contributed by atoms with Crippen molar-refractivity contribution in [3.8, 4) is 0 Å². The Morgan fingerprint density at radius 2 is 1.53 bits per heavy atom. The van der Waals surface area contributed by atoms with Crippen LogP contribution in [-0.4, -0.2) is 18.7 Å². The molecule has 0 spiro atoms. The number of halogens is 3. The molecule has 1 rings (SSSR count). The first-order chi connectivity index (χ1) is 6.78. The van der Waals surface area contributed by atoms with Gasteiger partial charge in [0.15, 0.2) is 17.5 Å². The Hall–Kier alpha value is -1.08. The van der Waals surface area contributed by atoms with Crippen molar-refractivity contribution in [2.24, 2.45) is 0 Å². The monoisotopic (exact) mass is 242 g/mol. The smallest absolute Gasteiger partial charge is 0.264 e. The Bertz CT molecular complexity index is 397. The fraction of sp³-hybridized carbons (Fsp3) is 0.250. The zero-order valence-corrected chi connectivity index (χ0v) is 8.56. The zero-order chi connectivity index (χ0) is 12.1. The molecular formula is C8H9F3O3S. The van der Waals surface area contributed by atoms with Gasteiger partial charge >= 0.3 is 0 Å². The van der Waals surface area contributed by atoms with Crippen molar-refractivity contribution in [3.05, 3.63) is 35.7 Å². The van der Waals surface area contributed by atoms with Crippen molar-refractivity contribution in [1.29, 1.82) is 0 Å². The Balaban J connectivity index is 0.000000288. The Morgan fingerprint density at radius 3 is 1.73 bits per heavy atom. The van der Waals surface area contributed by atoms with E-state index in [0.717, 1.165) is 18.2 Å². The maximum atomic E-state index is 12.0. The molecule has 0 unspecified atom stereocenters. The summed E-state index contributed by atoms with van der Waals surface area (Å²) in [6, 6.07) is 2.82. The van der Waals surface area contributed by atoms with Crippen LogP contribution in [0.3, 0.4) is 0 Å². The largest absolute Gasteiger partial charge is 0.286 e. The summed E-state index contributed by atoms with van der Waals surface area (Å²) in [5.74, 6) is -3.94. The van der Waals surface area contributed by atoms with Gasteiger partial charge in [-0.15, -0.1) is 0 Å². The van der Waals surface area contributed by atoms with Gasteiger partial charge in [0, 0.05) is 0 Å². The van der Waals surface area contributed by atoms with Crippen LogP contribution >= 0.6 is 0 Å². The average molecular weight is 242 g/mol. The summed E-state index contributed by atoms with van der Waals surface area (Å²) >= 11 is 0. The minimum Gasteiger partial charge on any atom is -0.286 e. The first-order valence-corrected chi connectivity index (χ1v) is 5.43. The molecule has 0 aliphatic rings. The molecule has 0 fully saturated rings. The topological polar surface area (TPSA) is 54.4 Å². The van der Waals surface area contributed by atoms with Gasteiger partial charge in [0.25, 0.3) is 10.1 Å². The predicted molar refractivity (Wildman–Crippen MR) is 48.4 cm³/mol. The lowest BCUT2D eigenvalue weighted by Gasteiger charge is -1.90. The highest BCUT2D eigenvalue weighted by atomic mass is 32.2. The predicted octanol–water partition coefficient (Wildman–Crippen LogP) is 2.00. The lowest BCUT2D eigenvalue weighted by atomic mass is 10.3. The molecule has 0 atom stereocenters. The van der Waals surface area contributed by atoms with Crippen LogP contribution in [-0.2, 0) is 10.1 Å². The molecule has 3 nitrogen and oxygen atoms in total. The minimum absolute atomic E-state index is 0.201. The summed E-state index contributed by atoms with van der Waals surface area (Å²) in [5.41, 5.74) is 0. The van der Waals surface area contributed by atoms with Crippen molar-refractivity contribution < 1.29 is 26.1 Å². The summed E-state index contributed by atoms with van der Waals surface area (Å²) in [4.78, 5) is 0. The first kappa shape index (κ1) is 13.9. The zero-order valence-electron chi connectivity index (χ0n) is 7.75.